The zero-order valence-electron chi connectivity index (χ0n) is 11.3. The molecule has 1 amide bonds. The molecule has 6 heteroatoms. The van der Waals surface area contributed by atoms with Crippen LogP contribution in [0, 0.1) is 5.92 Å². The number of ether oxygens (including phenoxy) is 1. The third-order valence-corrected chi connectivity index (χ3v) is 3.40. The molecule has 1 aliphatic heterocycles. The van der Waals surface area contributed by atoms with E-state index >= 15 is 0 Å². The molecule has 0 aromatic heterocycles. The van der Waals surface area contributed by atoms with Gasteiger partial charge in [-0.1, -0.05) is 0 Å². The average molecular weight is 284 g/mol. The highest BCUT2D eigenvalue weighted by atomic mass is 19.3. The van der Waals surface area contributed by atoms with E-state index < -0.39 is 6.11 Å². The number of amides is 1. The van der Waals surface area contributed by atoms with E-state index in [0.717, 1.165) is 31.6 Å². The Morgan fingerprint density at radius 3 is 2.30 bits per heavy atom. The quantitative estimate of drug-likeness (QED) is 0.923. The summed E-state index contributed by atoms with van der Waals surface area (Å²) in [5.74, 6) is -0.181. The maximum atomic E-state index is 12.7. The van der Waals surface area contributed by atoms with Crippen LogP contribution in [0.1, 0.15) is 19.8 Å². The van der Waals surface area contributed by atoms with Crippen molar-refractivity contribution in [3.63, 3.8) is 0 Å². The van der Waals surface area contributed by atoms with E-state index in [0.29, 0.717) is 6.92 Å². The minimum absolute atomic E-state index is 0.0624. The molecule has 1 fully saturated rings. The molecule has 1 heterocycles. The Labute approximate surface area is 116 Å². The Morgan fingerprint density at radius 1 is 1.30 bits per heavy atom. The molecular formula is C14H18F2N2O2. The van der Waals surface area contributed by atoms with Gasteiger partial charge in [0.1, 0.15) is 5.75 Å². The molecule has 0 unspecified atom stereocenters. The molecule has 2 rings (SSSR count). The summed E-state index contributed by atoms with van der Waals surface area (Å²) in [6.45, 7) is 2.17. The van der Waals surface area contributed by atoms with Crippen LogP contribution < -0.4 is 15.4 Å². The number of piperidine rings is 1. The maximum Gasteiger partial charge on any atom is 0.394 e. The Morgan fingerprint density at radius 2 is 1.85 bits per heavy atom. The summed E-state index contributed by atoms with van der Waals surface area (Å²) in [7, 11) is 0. The lowest BCUT2D eigenvalue weighted by Gasteiger charge is -2.32. The van der Waals surface area contributed by atoms with Crippen LogP contribution in [0.3, 0.4) is 0 Å². The predicted octanol–water partition coefficient (Wildman–Crippen LogP) is 2.38. The Kier molecular flexibility index (Phi) is 4.11. The van der Waals surface area contributed by atoms with Crippen molar-refractivity contribution in [3.05, 3.63) is 24.3 Å². The fraction of sp³-hybridized carbons (Fsp3) is 0.500. The van der Waals surface area contributed by atoms with Gasteiger partial charge in [0.25, 0.3) is 0 Å². The van der Waals surface area contributed by atoms with Gasteiger partial charge in [0.2, 0.25) is 5.91 Å². The number of alkyl halides is 2. The van der Waals surface area contributed by atoms with E-state index in [1.807, 2.05) is 0 Å². The molecule has 0 saturated carbocycles. The minimum Gasteiger partial charge on any atom is -0.433 e. The molecule has 0 atom stereocenters. The molecule has 0 bridgehead atoms. The predicted molar refractivity (Wildman–Crippen MR) is 71.8 cm³/mol. The van der Waals surface area contributed by atoms with Crippen molar-refractivity contribution < 1.29 is 18.3 Å². The number of primary amides is 1. The molecular weight excluding hydrogens is 266 g/mol. The van der Waals surface area contributed by atoms with Crippen molar-refractivity contribution in [2.45, 2.75) is 25.9 Å². The fourth-order valence-corrected chi connectivity index (χ4v) is 2.35. The molecule has 0 radical (unpaired) electrons. The van der Waals surface area contributed by atoms with Crippen molar-refractivity contribution in [1.29, 1.82) is 0 Å². The summed E-state index contributed by atoms with van der Waals surface area (Å²) in [5.41, 5.74) is 6.22. The number of benzene rings is 1. The van der Waals surface area contributed by atoms with E-state index in [4.69, 9.17) is 5.73 Å². The SMILES string of the molecule is CC(F)(F)Oc1ccc(N2CCC(C(N)=O)CC2)cc1. The van der Waals surface area contributed by atoms with Gasteiger partial charge in [0.05, 0.1) is 0 Å². The minimum atomic E-state index is -3.18. The number of anilines is 1. The number of rotatable bonds is 4. The number of carbonyl (C=O) groups is 1. The Balaban J connectivity index is 1.96. The molecule has 0 spiro atoms. The second-order valence-electron chi connectivity index (χ2n) is 5.07. The van der Waals surface area contributed by atoms with Crippen LogP contribution in [0.25, 0.3) is 0 Å². The molecule has 2 N–H and O–H groups in total. The number of nitrogens with zero attached hydrogens (tertiary/aromatic N) is 1. The molecule has 1 aromatic carbocycles. The topological polar surface area (TPSA) is 55.6 Å². The molecule has 4 nitrogen and oxygen atoms in total. The van der Waals surface area contributed by atoms with Gasteiger partial charge in [-0.2, -0.15) is 8.78 Å². The molecule has 1 aromatic rings. The largest absolute Gasteiger partial charge is 0.433 e. The molecule has 1 saturated heterocycles. The average Bonchev–Trinajstić information content (AvgIpc) is 2.38. The lowest BCUT2D eigenvalue weighted by Crippen LogP contribution is -2.38. The standard InChI is InChI=1S/C14H18F2N2O2/c1-14(15,16)20-12-4-2-11(3-5-12)18-8-6-10(7-9-18)13(17)19/h2-5,10H,6-9H2,1H3,(H2,17,19). The van der Waals surface area contributed by atoms with Crippen molar-refractivity contribution in [3.8, 4) is 5.75 Å². The van der Waals surface area contributed by atoms with Crippen molar-refractivity contribution >= 4 is 11.6 Å². The Hall–Kier alpha value is -1.85. The fourth-order valence-electron chi connectivity index (χ4n) is 2.35. The van der Waals surface area contributed by atoms with Gasteiger partial charge in [-0.25, -0.2) is 0 Å². The Bertz CT molecular complexity index is 463. The van der Waals surface area contributed by atoms with Gasteiger partial charge in [0.15, 0.2) is 0 Å². The van der Waals surface area contributed by atoms with Crippen molar-refractivity contribution in [2.75, 3.05) is 18.0 Å². The normalized spacial score (nSPS) is 17.1. The van der Waals surface area contributed by atoms with Crippen LogP contribution in [0.15, 0.2) is 24.3 Å². The third kappa shape index (κ3) is 3.82. The lowest BCUT2D eigenvalue weighted by atomic mass is 9.96. The van der Waals surface area contributed by atoms with E-state index in [-0.39, 0.29) is 17.6 Å². The highest BCUT2D eigenvalue weighted by Crippen LogP contribution is 2.27. The van der Waals surface area contributed by atoms with Gasteiger partial charge < -0.3 is 15.4 Å². The lowest BCUT2D eigenvalue weighted by molar-refractivity contribution is -0.158. The summed E-state index contributed by atoms with van der Waals surface area (Å²) in [6.07, 6.45) is -1.73. The molecule has 20 heavy (non-hydrogen) atoms. The van der Waals surface area contributed by atoms with Crippen LogP contribution in [0.5, 0.6) is 5.75 Å². The second kappa shape index (κ2) is 5.64. The van der Waals surface area contributed by atoms with Gasteiger partial charge in [-0.3, -0.25) is 4.79 Å². The molecule has 110 valence electrons. The first-order valence-electron chi connectivity index (χ1n) is 6.56. The van der Waals surface area contributed by atoms with E-state index in [1.165, 1.54) is 12.1 Å². The van der Waals surface area contributed by atoms with Gasteiger partial charge in [0, 0.05) is 31.6 Å². The van der Waals surface area contributed by atoms with Gasteiger partial charge >= 0.3 is 6.11 Å². The smallest absolute Gasteiger partial charge is 0.394 e. The summed E-state index contributed by atoms with van der Waals surface area (Å²) < 4.78 is 29.9. The number of hydrogen-bond donors (Lipinski definition) is 1. The summed E-state index contributed by atoms with van der Waals surface area (Å²) in [4.78, 5) is 13.2. The summed E-state index contributed by atoms with van der Waals surface area (Å²) >= 11 is 0. The van der Waals surface area contributed by atoms with Crippen LogP contribution in [-0.4, -0.2) is 25.1 Å². The van der Waals surface area contributed by atoms with Crippen LogP contribution in [0.2, 0.25) is 0 Å². The first-order valence-corrected chi connectivity index (χ1v) is 6.56. The summed E-state index contributed by atoms with van der Waals surface area (Å²) in [6, 6.07) is 6.52. The number of halogens is 2. The van der Waals surface area contributed by atoms with Crippen molar-refractivity contribution in [1.82, 2.24) is 0 Å². The monoisotopic (exact) mass is 284 g/mol. The number of carbonyl (C=O) groups excluding carboxylic acids is 1. The van der Waals surface area contributed by atoms with Crippen molar-refractivity contribution in [2.24, 2.45) is 11.7 Å². The van der Waals surface area contributed by atoms with E-state index in [2.05, 4.69) is 9.64 Å². The second-order valence-corrected chi connectivity index (χ2v) is 5.07. The van der Waals surface area contributed by atoms with E-state index in [9.17, 15) is 13.6 Å². The molecule has 1 aliphatic rings. The molecule has 0 aliphatic carbocycles. The van der Waals surface area contributed by atoms with Crippen LogP contribution in [0.4, 0.5) is 14.5 Å². The number of hydrogen-bond acceptors (Lipinski definition) is 3. The number of nitrogens with two attached hydrogens (primary N) is 1. The van der Waals surface area contributed by atoms with E-state index in [1.54, 1.807) is 12.1 Å². The van der Waals surface area contributed by atoms with Gasteiger partial charge in [-0.15, -0.1) is 0 Å². The van der Waals surface area contributed by atoms with Crippen LogP contribution in [-0.2, 0) is 4.79 Å². The first kappa shape index (κ1) is 14.6. The summed E-state index contributed by atoms with van der Waals surface area (Å²) in [5, 5.41) is 0. The first-order chi connectivity index (χ1) is 9.35. The third-order valence-electron chi connectivity index (χ3n) is 3.40. The highest BCUT2D eigenvalue weighted by Gasteiger charge is 2.24. The van der Waals surface area contributed by atoms with Gasteiger partial charge in [-0.05, 0) is 37.1 Å². The zero-order chi connectivity index (χ0) is 14.8. The maximum absolute atomic E-state index is 12.7. The highest BCUT2D eigenvalue weighted by molar-refractivity contribution is 5.77. The van der Waals surface area contributed by atoms with Crippen LogP contribution >= 0.6 is 0 Å². The zero-order valence-corrected chi connectivity index (χ0v) is 11.3.